The molecule has 15 nitrogen and oxygen atoms in total. The third-order valence-corrected chi connectivity index (χ3v) is 13.0. The maximum atomic E-state index is 14.0. The predicted octanol–water partition coefficient (Wildman–Crippen LogP) is 4.92. The normalized spacial score (nSPS) is 18.9. The molecule has 3 aliphatic heterocycles. The number of rotatable bonds is 9. The predicted molar refractivity (Wildman–Crippen MR) is 237 cm³/mol. The standard InChI is InChI=1S/C47H50N10O5/c1-47(2)21-31-20-39-46(62)57(17-16-56(39)40(31)22-47)43-36(28-58)35(10-11-48-43)33-19-37(45(61)52(3)25-33)50-41-8-6-34(23-49-41)54-14-12-53(13-15-54)24-29-4-5-30-26-55(27-32(30)18-29)38-7-9-42(59)51-44(38)60/h4-6,8,10-11,18-20,23,25-27,38,58H,7,9,12-17,21-22,24,28H2,1-3H3,(H,49,50)(H,51,59,60). The van der Waals surface area contributed by atoms with Gasteiger partial charge in [-0.05, 0) is 88.5 Å². The highest BCUT2D eigenvalue weighted by Gasteiger charge is 2.38. The highest BCUT2D eigenvalue weighted by atomic mass is 16.3. The number of fused-ring (bicyclic) bond motifs is 4. The molecule has 2 saturated heterocycles. The van der Waals surface area contributed by atoms with E-state index >= 15 is 0 Å². The monoisotopic (exact) mass is 834 g/mol. The average molecular weight is 835 g/mol. The van der Waals surface area contributed by atoms with Gasteiger partial charge in [0.1, 0.15) is 29.1 Å². The number of nitrogens with one attached hydrogen (secondary N) is 2. The Morgan fingerprint density at radius 1 is 0.887 bits per heavy atom. The number of nitrogens with zero attached hydrogens (tertiary/aromatic N) is 8. The molecular weight excluding hydrogens is 785 g/mol. The minimum atomic E-state index is -0.370. The summed E-state index contributed by atoms with van der Waals surface area (Å²) in [6, 6.07) is 15.5. The van der Waals surface area contributed by atoms with E-state index in [1.807, 2.05) is 41.4 Å². The van der Waals surface area contributed by atoms with Crippen LogP contribution in [0, 0.1) is 5.41 Å². The summed E-state index contributed by atoms with van der Waals surface area (Å²) in [6.45, 7) is 9.53. The fourth-order valence-corrected chi connectivity index (χ4v) is 9.87. The number of piperidine rings is 1. The molecule has 8 heterocycles. The Hall–Kier alpha value is -6.58. The molecule has 3 N–H and O–H groups in total. The van der Waals surface area contributed by atoms with Crippen molar-refractivity contribution in [3.05, 3.63) is 118 Å². The van der Waals surface area contributed by atoms with Crippen LogP contribution in [0.1, 0.15) is 65.6 Å². The van der Waals surface area contributed by atoms with Crippen LogP contribution in [0.3, 0.4) is 0 Å². The second kappa shape index (κ2) is 15.4. The van der Waals surface area contributed by atoms with Crippen LogP contribution in [0.4, 0.5) is 23.0 Å². The smallest absolute Gasteiger partial charge is 0.276 e. The molecule has 10 rings (SSSR count). The average Bonchev–Trinajstić information content (AvgIpc) is 3.92. The van der Waals surface area contributed by atoms with Crippen molar-refractivity contribution in [2.45, 2.75) is 65.3 Å². The number of carbonyl (C=O) groups is 3. The van der Waals surface area contributed by atoms with Crippen molar-refractivity contribution in [1.82, 2.24) is 33.9 Å². The first-order valence-corrected chi connectivity index (χ1v) is 21.4. The lowest BCUT2D eigenvalue weighted by Crippen LogP contribution is -2.46. The first-order chi connectivity index (χ1) is 29.9. The lowest BCUT2D eigenvalue weighted by molar-refractivity contribution is -0.135. The molecule has 1 atom stereocenters. The summed E-state index contributed by atoms with van der Waals surface area (Å²) in [7, 11) is 1.69. The number of anilines is 4. The van der Waals surface area contributed by atoms with Crippen LogP contribution in [0.2, 0.25) is 0 Å². The van der Waals surface area contributed by atoms with E-state index in [9.17, 15) is 24.3 Å². The molecular formula is C47H50N10O5. The van der Waals surface area contributed by atoms with Gasteiger partial charge >= 0.3 is 0 Å². The Kier molecular flexibility index (Phi) is 9.82. The van der Waals surface area contributed by atoms with Crippen molar-refractivity contribution >= 4 is 51.5 Å². The number of piperazine rings is 1. The molecule has 4 aliphatic rings. The number of hydrogen-bond acceptors (Lipinski definition) is 10. The van der Waals surface area contributed by atoms with Gasteiger partial charge in [-0.25, -0.2) is 9.97 Å². The van der Waals surface area contributed by atoms with Crippen LogP contribution >= 0.6 is 0 Å². The maximum Gasteiger partial charge on any atom is 0.276 e. The summed E-state index contributed by atoms with van der Waals surface area (Å²) in [6.07, 6.45) is 11.9. The molecule has 0 spiro atoms. The Bertz CT molecular complexity index is 2830. The lowest BCUT2D eigenvalue weighted by Gasteiger charge is -2.36. The van der Waals surface area contributed by atoms with Gasteiger partial charge in [-0.15, -0.1) is 0 Å². The van der Waals surface area contributed by atoms with Crippen LogP contribution in [0.15, 0.2) is 84.3 Å². The minimum absolute atomic E-state index is 0.127. The first-order valence-electron chi connectivity index (χ1n) is 21.4. The van der Waals surface area contributed by atoms with E-state index in [2.05, 4.69) is 67.0 Å². The number of pyridine rings is 3. The Morgan fingerprint density at radius 3 is 2.48 bits per heavy atom. The number of hydrogen-bond donors (Lipinski definition) is 3. The van der Waals surface area contributed by atoms with Gasteiger partial charge in [0, 0.05) is 101 Å². The van der Waals surface area contributed by atoms with Crippen molar-refractivity contribution in [1.29, 1.82) is 0 Å². The van der Waals surface area contributed by atoms with Gasteiger partial charge in [0.05, 0.1) is 18.5 Å². The maximum absolute atomic E-state index is 14.0. The van der Waals surface area contributed by atoms with Crippen LogP contribution in [0.25, 0.3) is 21.9 Å². The van der Waals surface area contributed by atoms with E-state index in [0.29, 0.717) is 65.6 Å². The number of aliphatic hydroxyl groups is 1. The lowest BCUT2D eigenvalue weighted by atomic mass is 9.90. The minimum Gasteiger partial charge on any atom is -0.392 e. The van der Waals surface area contributed by atoms with Gasteiger partial charge in [-0.1, -0.05) is 26.0 Å². The second-order valence-corrected chi connectivity index (χ2v) is 17.9. The van der Waals surface area contributed by atoms with Crippen LogP contribution in [-0.4, -0.2) is 84.1 Å². The highest BCUT2D eigenvalue weighted by molar-refractivity contribution is 6.06. The number of carbonyl (C=O) groups excluding carboxylic acids is 3. The van der Waals surface area contributed by atoms with Gasteiger partial charge < -0.3 is 29.0 Å². The van der Waals surface area contributed by atoms with Crippen molar-refractivity contribution < 1.29 is 19.5 Å². The number of imide groups is 1. The number of aryl methyl sites for hydroxylation is 1. The van der Waals surface area contributed by atoms with Gasteiger partial charge in [0.15, 0.2) is 0 Å². The van der Waals surface area contributed by atoms with Gasteiger partial charge in [-0.3, -0.25) is 34.3 Å². The van der Waals surface area contributed by atoms with Crippen molar-refractivity contribution in [2.75, 3.05) is 47.8 Å². The van der Waals surface area contributed by atoms with Crippen LogP contribution in [0.5, 0.6) is 0 Å². The zero-order valence-electron chi connectivity index (χ0n) is 35.2. The van der Waals surface area contributed by atoms with E-state index < -0.39 is 0 Å². The summed E-state index contributed by atoms with van der Waals surface area (Å²) >= 11 is 0. The molecule has 6 aromatic rings. The second-order valence-electron chi connectivity index (χ2n) is 17.9. The van der Waals surface area contributed by atoms with Gasteiger partial charge in [0.25, 0.3) is 11.5 Å². The third kappa shape index (κ3) is 7.24. The molecule has 1 aromatic carbocycles. The summed E-state index contributed by atoms with van der Waals surface area (Å²) in [5.41, 5.74) is 7.53. The molecule has 1 aliphatic carbocycles. The third-order valence-electron chi connectivity index (χ3n) is 13.0. The molecule has 2 fully saturated rings. The Morgan fingerprint density at radius 2 is 1.71 bits per heavy atom. The number of aromatic nitrogens is 5. The summed E-state index contributed by atoms with van der Waals surface area (Å²) in [5, 5.41) is 18.6. The molecule has 3 amide bonds. The molecule has 1 unspecified atom stereocenters. The van der Waals surface area contributed by atoms with E-state index in [1.54, 1.807) is 36.5 Å². The zero-order chi connectivity index (χ0) is 42.9. The van der Waals surface area contributed by atoms with E-state index in [0.717, 1.165) is 62.0 Å². The van der Waals surface area contributed by atoms with Crippen molar-refractivity contribution in [3.63, 3.8) is 0 Å². The Balaban J connectivity index is 0.796. The topological polar surface area (TPSA) is 163 Å². The SMILES string of the molecule is Cn1cc(-c2ccnc(N3CCn4c(cc5c4CC(C)(C)C5)C3=O)c2CO)cc(Nc2ccc(N3CCN(Cc4ccc5cn(C6CCC(=O)NC6=O)cc5c4)CC3)cn2)c1=O. The highest BCUT2D eigenvalue weighted by Crippen LogP contribution is 2.40. The van der Waals surface area contributed by atoms with E-state index in [1.165, 1.54) is 21.4 Å². The zero-order valence-corrected chi connectivity index (χ0v) is 35.2. The molecule has 0 radical (unpaired) electrons. The van der Waals surface area contributed by atoms with Crippen molar-refractivity contribution in [2.24, 2.45) is 12.5 Å². The first kappa shape index (κ1) is 39.5. The molecule has 5 aromatic heterocycles. The summed E-state index contributed by atoms with van der Waals surface area (Å²) < 4.78 is 5.59. The van der Waals surface area contributed by atoms with Crippen LogP contribution < -0.4 is 26.0 Å². The Labute approximate surface area is 358 Å². The van der Waals surface area contributed by atoms with Crippen molar-refractivity contribution in [3.8, 4) is 11.1 Å². The number of benzene rings is 1. The summed E-state index contributed by atoms with van der Waals surface area (Å²) in [4.78, 5) is 67.2. The summed E-state index contributed by atoms with van der Waals surface area (Å²) in [5.74, 6) is 0.360. The van der Waals surface area contributed by atoms with E-state index in [-0.39, 0.29) is 41.3 Å². The fraction of sp³-hybridized carbons (Fsp3) is 0.362. The fourth-order valence-electron chi connectivity index (χ4n) is 9.87. The number of amides is 3. The van der Waals surface area contributed by atoms with Gasteiger partial charge in [-0.2, -0.15) is 0 Å². The molecule has 318 valence electrons. The molecule has 15 heteroatoms. The largest absolute Gasteiger partial charge is 0.392 e. The number of aliphatic hydroxyl groups excluding tert-OH is 1. The van der Waals surface area contributed by atoms with E-state index in [4.69, 9.17) is 0 Å². The van der Waals surface area contributed by atoms with Gasteiger partial charge in [0.2, 0.25) is 11.8 Å². The quantitative estimate of drug-likeness (QED) is 0.171. The molecule has 0 saturated carbocycles. The molecule has 0 bridgehead atoms. The molecule has 62 heavy (non-hydrogen) atoms. The van der Waals surface area contributed by atoms with Crippen LogP contribution in [-0.2, 0) is 49.2 Å².